The lowest BCUT2D eigenvalue weighted by Crippen LogP contribution is -2.37. The summed E-state index contributed by atoms with van der Waals surface area (Å²) in [4.78, 5) is 5.30. The number of rotatable bonds is 7. The molecular weight excluding hydrogens is 317 g/mol. The average molecular weight is 337 g/mol. The number of nitrogens with one attached hydrogen (secondary N) is 2. The summed E-state index contributed by atoms with van der Waals surface area (Å²) >= 11 is 3.43. The van der Waals surface area contributed by atoms with Gasteiger partial charge in [0.2, 0.25) is 0 Å². The molecule has 22 heavy (non-hydrogen) atoms. The van der Waals surface area contributed by atoms with Crippen molar-refractivity contribution in [2.24, 2.45) is 4.99 Å². The Morgan fingerprint density at radius 1 is 1.23 bits per heavy atom. The van der Waals surface area contributed by atoms with Crippen molar-refractivity contribution in [2.75, 3.05) is 19.3 Å². The van der Waals surface area contributed by atoms with Gasteiger partial charge in [0, 0.05) is 25.0 Å². The normalized spacial score (nSPS) is 11.5. The molecule has 1 aromatic carbocycles. The molecule has 0 fully saturated rings. The van der Waals surface area contributed by atoms with Crippen molar-refractivity contribution in [1.82, 2.24) is 10.6 Å². The van der Waals surface area contributed by atoms with Crippen LogP contribution in [-0.4, -0.2) is 25.3 Å². The third kappa shape index (κ3) is 6.07. The summed E-state index contributed by atoms with van der Waals surface area (Å²) in [7, 11) is 1.77. The Labute approximate surface area is 139 Å². The molecule has 2 N–H and O–H groups in total. The lowest BCUT2D eigenvalue weighted by molar-refractivity contribution is 0.626. The maximum absolute atomic E-state index is 12.8. The molecule has 0 saturated carbocycles. The molecular formula is C16H20FN3S2. The van der Waals surface area contributed by atoms with Crippen molar-refractivity contribution < 1.29 is 4.39 Å². The van der Waals surface area contributed by atoms with Crippen LogP contribution in [0.15, 0.2) is 51.0 Å². The van der Waals surface area contributed by atoms with E-state index in [1.165, 1.54) is 17.7 Å². The molecule has 1 aromatic heterocycles. The van der Waals surface area contributed by atoms with Crippen LogP contribution in [-0.2, 0) is 6.54 Å². The van der Waals surface area contributed by atoms with Crippen LogP contribution in [0.3, 0.4) is 0 Å². The second kappa shape index (κ2) is 9.48. The molecule has 0 unspecified atom stereocenters. The van der Waals surface area contributed by atoms with Gasteiger partial charge in [-0.05, 0) is 58.8 Å². The van der Waals surface area contributed by atoms with E-state index in [0.717, 1.165) is 36.1 Å². The first-order valence-corrected chi connectivity index (χ1v) is 9.05. The smallest absolute Gasteiger partial charge is 0.191 e. The van der Waals surface area contributed by atoms with E-state index in [1.807, 2.05) is 12.1 Å². The lowest BCUT2D eigenvalue weighted by atomic mass is 10.3. The van der Waals surface area contributed by atoms with Crippen molar-refractivity contribution in [1.29, 1.82) is 0 Å². The molecule has 0 saturated heterocycles. The number of halogens is 1. The highest BCUT2D eigenvalue weighted by Gasteiger charge is 1.99. The largest absolute Gasteiger partial charge is 0.356 e. The fraction of sp³-hybridized carbons (Fsp3) is 0.312. The first-order chi connectivity index (χ1) is 10.8. The molecule has 0 radical (unpaired) electrons. The first kappa shape index (κ1) is 16.8. The number of nitrogens with zero attached hydrogens (tertiary/aromatic N) is 1. The van der Waals surface area contributed by atoms with E-state index in [2.05, 4.69) is 32.5 Å². The van der Waals surface area contributed by atoms with Gasteiger partial charge in [0.1, 0.15) is 5.82 Å². The van der Waals surface area contributed by atoms with Crippen molar-refractivity contribution in [3.05, 3.63) is 52.5 Å². The summed E-state index contributed by atoms with van der Waals surface area (Å²) in [6, 6.07) is 8.72. The van der Waals surface area contributed by atoms with Crippen molar-refractivity contribution >= 4 is 29.1 Å². The van der Waals surface area contributed by atoms with Crippen molar-refractivity contribution in [3.8, 4) is 0 Å². The molecule has 0 aliphatic heterocycles. The highest BCUT2D eigenvalue weighted by molar-refractivity contribution is 7.99. The Hall–Kier alpha value is -1.53. The van der Waals surface area contributed by atoms with Gasteiger partial charge in [0.05, 0.1) is 0 Å². The van der Waals surface area contributed by atoms with Crippen molar-refractivity contribution in [3.63, 3.8) is 0 Å². The number of guanidine groups is 1. The zero-order valence-corrected chi connectivity index (χ0v) is 14.1. The highest BCUT2D eigenvalue weighted by atomic mass is 32.2. The van der Waals surface area contributed by atoms with Gasteiger partial charge in [0.25, 0.3) is 0 Å². The molecule has 6 heteroatoms. The minimum atomic E-state index is -0.188. The highest BCUT2D eigenvalue weighted by Crippen LogP contribution is 2.18. The summed E-state index contributed by atoms with van der Waals surface area (Å²) in [5.41, 5.74) is 1.26. The van der Waals surface area contributed by atoms with E-state index in [4.69, 9.17) is 0 Å². The number of hydrogen-bond donors (Lipinski definition) is 2. The Morgan fingerprint density at radius 2 is 2.05 bits per heavy atom. The summed E-state index contributed by atoms with van der Waals surface area (Å²) in [5, 5.41) is 10.8. The van der Waals surface area contributed by atoms with Gasteiger partial charge in [0.15, 0.2) is 5.96 Å². The second-order valence-electron chi connectivity index (χ2n) is 4.64. The van der Waals surface area contributed by atoms with Gasteiger partial charge >= 0.3 is 0 Å². The Morgan fingerprint density at radius 3 is 2.73 bits per heavy atom. The van der Waals surface area contributed by atoms with Gasteiger partial charge < -0.3 is 10.6 Å². The molecule has 0 atom stereocenters. The van der Waals surface area contributed by atoms with E-state index >= 15 is 0 Å². The molecule has 0 spiro atoms. The molecule has 3 nitrogen and oxygen atoms in total. The van der Waals surface area contributed by atoms with E-state index in [1.54, 1.807) is 30.1 Å². The molecule has 0 amide bonds. The van der Waals surface area contributed by atoms with Crippen LogP contribution in [0.1, 0.15) is 12.0 Å². The molecule has 1 heterocycles. The SMILES string of the molecule is CN=C(NCCCSc1ccc(F)cc1)NCc1ccsc1. The summed E-state index contributed by atoms with van der Waals surface area (Å²) in [6.07, 6.45) is 1.02. The van der Waals surface area contributed by atoms with E-state index in [-0.39, 0.29) is 5.82 Å². The predicted molar refractivity (Wildman–Crippen MR) is 94.3 cm³/mol. The Balaban J connectivity index is 1.59. The summed E-state index contributed by atoms with van der Waals surface area (Å²) in [5.74, 6) is 1.62. The number of thiophene rings is 1. The topological polar surface area (TPSA) is 36.4 Å². The number of aliphatic imine (C=N–C) groups is 1. The van der Waals surface area contributed by atoms with Crippen LogP contribution in [0.4, 0.5) is 4.39 Å². The zero-order valence-electron chi connectivity index (χ0n) is 12.5. The molecule has 0 aliphatic rings. The minimum absolute atomic E-state index is 0.188. The van der Waals surface area contributed by atoms with Gasteiger partial charge in [-0.2, -0.15) is 11.3 Å². The Bertz CT molecular complexity index is 568. The van der Waals surface area contributed by atoms with Crippen LogP contribution in [0.5, 0.6) is 0 Å². The van der Waals surface area contributed by atoms with E-state index < -0.39 is 0 Å². The standard InChI is InChI=1S/C16H20FN3S2/c1-18-16(20-11-13-7-10-21-12-13)19-8-2-9-22-15-5-3-14(17)4-6-15/h3-7,10,12H,2,8-9,11H2,1H3,(H2,18,19,20). The average Bonchev–Trinajstić information content (AvgIpc) is 3.05. The minimum Gasteiger partial charge on any atom is -0.356 e. The van der Waals surface area contributed by atoms with Crippen LogP contribution in [0.25, 0.3) is 0 Å². The second-order valence-corrected chi connectivity index (χ2v) is 6.59. The molecule has 2 rings (SSSR count). The first-order valence-electron chi connectivity index (χ1n) is 7.12. The van der Waals surface area contributed by atoms with Crippen molar-refractivity contribution in [2.45, 2.75) is 17.9 Å². The number of hydrogen-bond acceptors (Lipinski definition) is 3. The quantitative estimate of drug-likeness (QED) is 0.350. The van der Waals surface area contributed by atoms with Gasteiger partial charge in [-0.3, -0.25) is 4.99 Å². The molecule has 118 valence electrons. The lowest BCUT2D eigenvalue weighted by Gasteiger charge is -2.11. The number of thioether (sulfide) groups is 1. The summed E-state index contributed by atoms with van der Waals surface area (Å²) < 4.78 is 12.8. The van der Waals surface area contributed by atoms with Crippen LogP contribution < -0.4 is 10.6 Å². The van der Waals surface area contributed by atoms with E-state index in [9.17, 15) is 4.39 Å². The fourth-order valence-electron chi connectivity index (χ4n) is 1.80. The molecule has 2 aromatic rings. The Kier molecular flexibility index (Phi) is 7.25. The third-order valence-corrected chi connectivity index (χ3v) is 4.79. The van der Waals surface area contributed by atoms with Crippen LogP contribution in [0.2, 0.25) is 0 Å². The van der Waals surface area contributed by atoms with Gasteiger partial charge in [-0.25, -0.2) is 4.39 Å². The fourth-order valence-corrected chi connectivity index (χ4v) is 3.32. The molecule has 0 bridgehead atoms. The number of benzene rings is 1. The van der Waals surface area contributed by atoms with Gasteiger partial charge in [-0.1, -0.05) is 0 Å². The summed E-state index contributed by atoms with van der Waals surface area (Å²) in [6.45, 7) is 1.64. The van der Waals surface area contributed by atoms with Gasteiger partial charge in [-0.15, -0.1) is 11.8 Å². The maximum atomic E-state index is 12.8. The monoisotopic (exact) mass is 337 g/mol. The molecule has 0 aliphatic carbocycles. The van der Waals surface area contributed by atoms with Crippen LogP contribution >= 0.6 is 23.1 Å². The zero-order chi connectivity index (χ0) is 15.6. The van der Waals surface area contributed by atoms with Crippen LogP contribution in [0, 0.1) is 5.82 Å². The van der Waals surface area contributed by atoms with E-state index in [0.29, 0.717) is 0 Å². The predicted octanol–water partition coefficient (Wildman–Crippen LogP) is 3.73. The maximum Gasteiger partial charge on any atom is 0.191 e. The third-order valence-electron chi connectivity index (χ3n) is 2.96.